The van der Waals surface area contributed by atoms with Crippen molar-refractivity contribution >= 4 is 5.71 Å². The normalized spacial score (nSPS) is 16.8. The van der Waals surface area contributed by atoms with Gasteiger partial charge in [0, 0.05) is 12.0 Å². The molecule has 1 atom stereocenters. The van der Waals surface area contributed by atoms with Crippen molar-refractivity contribution in [2.24, 2.45) is 5.10 Å². The predicted molar refractivity (Wildman–Crippen MR) is 84.7 cm³/mol. The minimum Gasteiger partial charge on any atom is -0.508 e. The molecular formula is C17H18N2O3. The Morgan fingerprint density at radius 3 is 2.41 bits per heavy atom. The van der Waals surface area contributed by atoms with Gasteiger partial charge < -0.3 is 20.0 Å². The van der Waals surface area contributed by atoms with Crippen LogP contribution in [0.25, 0.3) is 0 Å². The van der Waals surface area contributed by atoms with Gasteiger partial charge in [-0.25, -0.2) is 0 Å². The summed E-state index contributed by atoms with van der Waals surface area (Å²) in [5.74, 6) is 1.77. The number of nitrogens with one attached hydrogen (secondary N) is 1. The summed E-state index contributed by atoms with van der Waals surface area (Å²) in [6.07, 6.45) is 0.701. The van der Waals surface area contributed by atoms with Gasteiger partial charge in [0.2, 0.25) is 0 Å². The highest BCUT2D eigenvalue weighted by Crippen LogP contribution is 2.33. The van der Waals surface area contributed by atoms with Gasteiger partial charge in [0.15, 0.2) is 0 Å². The summed E-state index contributed by atoms with van der Waals surface area (Å²) in [4.78, 5) is 0. The van der Waals surface area contributed by atoms with Gasteiger partial charge in [0.1, 0.15) is 17.2 Å². The van der Waals surface area contributed by atoms with E-state index >= 15 is 0 Å². The Kier molecular flexibility index (Phi) is 3.87. The summed E-state index contributed by atoms with van der Waals surface area (Å²) >= 11 is 0. The van der Waals surface area contributed by atoms with Gasteiger partial charge in [0.25, 0.3) is 0 Å². The Morgan fingerprint density at radius 2 is 1.73 bits per heavy atom. The predicted octanol–water partition coefficient (Wildman–Crippen LogP) is 2.85. The molecule has 22 heavy (non-hydrogen) atoms. The molecule has 0 fully saturated rings. The van der Waals surface area contributed by atoms with Gasteiger partial charge in [-0.05, 0) is 48.0 Å². The molecule has 3 rings (SSSR count). The average molecular weight is 298 g/mol. The van der Waals surface area contributed by atoms with E-state index in [1.54, 1.807) is 26.4 Å². The number of ether oxygens (including phenoxy) is 2. The number of benzene rings is 2. The van der Waals surface area contributed by atoms with Gasteiger partial charge in [-0.3, -0.25) is 0 Å². The maximum Gasteiger partial charge on any atom is 0.121 e. The third-order valence-electron chi connectivity index (χ3n) is 3.79. The topological polar surface area (TPSA) is 63.1 Å². The zero-order valence-electron chi connectivity index (χ0n) is 12.5. The van der Waals surface area contributed by atoms with Crippen molar-refractivity contribution in [2.45, 2.75) is 12.5 Å². The lowest BCUT2D eigenvalue weighted by molar-refractivity contribution is 0.408. The highest BCUT2D eigenvalue weighted by atomic mass is 16.5. The Balaban J connectivity index is 1.78. The van der Waals surface area contributed by atoms with E-state index in [0.717, 1.165) is 22.6 Å². The summed E-state index contributed by atoms with van der Waals surface area (Å²) in [5.41, 5.74) is 5.86. The van der Waals surface area contributed by atoms with Crippen molar-refractivity contribution in [3.63, 3.8) is 0 Å². The molecule has 5 heteroatoms. The molecule has 5 nitrogen and oxygen atoms in total. The van der Waals surface area contributed by atoms with Gasteiger partial charge in [-0.15, -0.1) is 0 Å². The number of hydrogen-bond acceptors (Lipinski definition) is 5. The molecule has 2 aromatic rings. The molecule has 1 aliphatic rings. The molecule has 0 saturated carbocycles. The molecule has 0 amide bonds. The SMILES string of the molecule is COc1ccc(C2=NN[C@H](c3cc(OC)ccc3O)C2)cc1. The van der Waals surface area contributed by atoms with E-state index in [0.29, 0.717) is 12.2 Å². The lowest BCUT2D eigenvalue weighted by atomic mass is 9.98. The van der Waals surface area contributed by atoms with Gasteiger partial charge in [-0.1, -0.05) is 0 Å². The molecule has 0 aromatic heterocycles. The van der Waals surface area contributed by atoms with Crippen molar-refractivity contribution in [1.29, 1.82) is 0 Å². The van der Waals surface area contributed by atoms with Crippen LogP contribution in [0.15, 0.2) is 47.6 Å². The minimum absolute atomic E-state index is 0.0628. The van der Waals surface area contributed by atoms with E-state index in [9.17, 15) is 5.11 Å². The van der Waals surface area contributed by atoms with Crippen molar-refractivity contribution in [2.75, 3.05) is 14.2 Å². The number of hydrazone groups is 1. The molecule has 1 heterocycles. The molecule has 0 unspecified atom stereocenters. The second kappa shape index (κ2) is 5.97. The van der Waals surface area contributed by atoms with Crippen molar-refractivity contribution < 1.29 is 14.6 Å². The van der Waals surface area contributed by atoms with Crippen LogP contribution >= 0.6 is 0 Å². The quantitative estimate of drug-likeness (QED) is 0.911. The fourth-order valence-corrected chi connectivity index (χ4v) is 2.52. The summed E-state index contributed by atoms with van der Waals surface area (Å²) in [5, 5.41) is 14.4. The van der Waals surface area contributed by atoms with Gasteiger partial charge in [-0.2, -0.15) is 5.10 Å². The highest BCUT2D eigenvalue weighted by molar-refractivity contribution is 6.01. The van der Waals surface area contributed by atoms with E-state index in [2.05, 4.69) is 10.5 Å². The number of nitrogens with zero attached hydrogens (tertiary/aromatic N) is 1. The summed E-state index contributed by atoms with van der Waals surface area (Å²) in [6, 6.07) is 12.9. The molecule has 0 bridgehead atoms. The lowest BCUT2D eigenvalue weighted by Crippen LogP contribution is -2.10. The number of phenols is 1. The number of aromatic hydroxyl groups is 1. The zero-order chi connectivity index (χ0) is 15.5. The first-order chi connectivity index (χ1) is 10.7. The second-order valence-electron chi connectivity index (χ2n) is 5.10. The van der Waals surface area contributed by atoms with Crippen LogP contribution in [0.4, 0.5) is 0 Å². The molecule has 0 radical (unpaired) electrons. The number of phenolic OH excluding ortho intramolecular Hbond substituents is 1. The van der Waals surface area contributed by atoms with Crippen LogP contribution in [0.1, 0.15) is 23.6 Å². The Hall–Kier alpha value is -2.69. The lowest BCUT2D eigenvalue weighted by Gasteiger charge is -2.13. The molecule has 0 saturated heterocycles. The summed E-state index contributed by atoms with van der Waals surface area (Å²) in [6.45, 7) is 0. The molecule has 2 N–H and O–H groups in total. The number of methoxy groups -OCH3 is 2. The third-order valence-corrected chi connectivity index (χ3v) is 3.79. The summed E-state index contributed by atoms with van der Waals surface area (Å²) < 4.78 is 10.4. The molecule has 0 aliphatic carbocycles. The minimum atomic E-state index is -0.0628. The van der Waals surface area contributed by atoms with E-state index in [1.807, 2.05) is 30.3 Å². The van der Waals surface area contributed by atoms with Crippen LogP contribution in [0.3, 0.4) is 0 Å². The van der Waals surface area contributed by atoms with Gasteiger partial charge >= 0.3 is 0 Å². The van der Waals surface area contributed by atoms with Crippen LogP contribution < -0.4 is 14.9 Å². The molecule has 114 valence electrons. The fraction of sp³-hybridized carbons (Fsp3) is 0.235. The first kappa shape index (κ1) is 14.3. The van der Waals surface area contributed by atoms with E-state index in [4.69, 9.17) is 9.47 Å². The fourth-order valence-electron chi connectivity index (χ4n) is 2.52. The summed E-state index contributed by atoms with van der Waals surface area (Å²) in [7, 11) is 3.25. The zero-order valence-corrected chi connectivity index (χ0v) is 12.5. The molecule has 1 aliphatic heterocycles. The van der Waals surface area contributed by atoms with Crippen LogP contribution in [0, 0.1) is 0 Å². The van der Waals surface area contributed by atoms with Crippen LogP contribution in [0.5, 0.6) is 17.2 Å². The van der Waals surface area contributed by atoms with Crippen LogP contribution in [0.2, 0.25) is 0 Å². The van der Waals surface area contributed by atoms with E-state index in [1.165, 1.54) is 0 Å². The van der Waals surface area contributed by atoms with Crippen molar-refractivity contribution in [3.05, 3.63) is 53.6 Å². The smallest absolute Gasteiger partial charge is 0.121 e. The Bertz CT molecular complexity index is 696. The average Bonchev–Trinajstić information content (AvgIpc) is 3.05. The Labute approximate surface area is 129 Å². The molecule has 2 aromatic carbocycles. The second-order valence-corrected chi connectivity index (χ2v) is 5.10. The van der Waals surface area contributed by atoms with Crippen molar-refractivity contribution in [1.82, 2.24) is 5.43 Å². The van der Waals surface area contributed by atoms with Crippen molar-refractivity contribution in [3.8, 4) is 17.2 Å². The third kappa shape index (κ3) is 2.70. The van der Waals surface area contributed by atoms with E-state index < -0.39 is 0 Å². The van der Waals surface area contributed by atoms with Crippen LogP contribution in [-0.4, -0.2) is 25.0 Å². The van der Waals surface area contributed by atoms with Crippen LogP contribution in [-0.2, 0) is 0 Å². The first-order valence-corrected chi connectivity index (χ1v) is 7.04. The number of hydrogen-bond donors (Lipinski definition) is 2. The monoisotopic (exact) mass is 298 g/mol. The molecular weight excluding hydrogens is 280 g/mol. The molecule has 0 spiro atoms. The van der Waals surface area contributed by atoms with Gasteiger partial charge in [0.05, 0.1) is 26.0 Å². The standard InChI is InChI=1S/C17H18N2O3/c1-21-12-5-3-11(4-6-12)15-10-16(19-18-15)14-9-13(22-2)7-8-17(14)20/h3-9,16,19-20H,10H2,1-2H3/t16-/m0/s1. The number of rotatable bonds is 4. The largest absolute Gasteiger partial charge is 0.508 e. The maximum absolute atomic E-state index is 10.1. The Morgan fingerprint density at radius 1 is 1.05 bits per heavy atom. The maximum atomic E-state index is 10.1. The first-order valence-electron chi connectivity index (χ1n) is 7.04. The van der Waals surface area contributed by atoms with E-state index in [-0.39, 0.29) is 11.8 Å². The highest BCUT2D eigenvalue weighted by Gasteiger charge is 2.24.